The Morgan fingerprint density at radius 3 is 2.42 bits per heavy atom. The van der Waals surface area contributed by atoms with Gasteiger partial charge in [-0.05, 0) is 25.8 Å². The van der Waals surface area contributed by atoms with E-state index in [1.54, 1.807) is 6.92 Å². The largest absolute Gasteiger partial charge is 0.298 e. The summed E-state index contributed by atoms with van der Waals surface area (Å²) in [7, 11) is 2.05. The van der Waals surface area contributed by atoms with E-state index in [0.717, 1.165) is 6.54 Å². The maximum Gasteiger partial charge on any atom is 0.147 e. The van der Waals surface area contributed by atoms with Crippen molar-refractivity contribution < 1.29 is 4.79 Å². The van der Waals surface area contributed by atoms with Crippen molar-refractivity contribution in [1.29, 1.82) is 0 Å². The summed E-state index contributed by atoms with van der Waals surface area (Å²) in [6.45, 7) is 7.19. The van der Waals surface area contributed by atoms with Crippen molar-refractivity contribution in [3.63, 3.8) is 0 Å². The number of hydrogen-bond donors (Lipinski definition) is 0. The van der Waals surface area contributed by atoms with Gasteiger partial charge in [0.25, 0.3) is 0 Å². The molecule has 1 aliphatic rings. The van der Waals surface area contributed by atoms with Crippen molar-refractivity contribution >= 4 is 5.78 Å². The molecule has 0 aromatic rings. The molecule has 1 fully saturated rings. The summed E-state index contributed by atoms with van der Waals surface area (Å²) in [4.78, 5) is 13.5. The third-order valence-electron chi connectivity index (χ3n) is 3.18. The monoisotopic (exact) mass is 169 g/mol. The molecule has 0 bridgehead atoms. The van der Waals surface area contributed by atoms with Gasteiger partial charge in [-0.1, -0.05) is 20.3 Å². The van der Waals surface area contributed by atoms with E-state index in [1.165, 1.54) is 6.42 Å². The van der Waals surface area contributed by atoms with E-state index < -0.39 is 0 Å². The molecule has 0 saturated carbocycles. The Bertz CT molecular complexity index is 179. The van der Waals surface area contributed by atoms with Crippen molar-refractivity contribution in [3.8, 4) is 0 Å². The molecule has 2 heteroatoms. The van der Waals surface area contributed by atoms with Gasteiger partial charge >= 0.3 is 0 Å². The molecule has 0 amide bonds. The molecule has 1 rings (SSSR count). The SMILES string of the molecule is CCC1CN(C)C(C(C)=O)C1C. The number of carbonyl (C=O) groups excluding carboxylic acids is 1. The molecule has 0 aromatic heterocycles. The predicted octanol–water partition coefficient (Wildman–Crippen LogP) is 1.55. The summed E-state index contributed by atoms with van der Waals surface area (Å²) in [5, 5.41) is 0. The number of likely N-dealkylation sites (tertiary alicyclic amines) is 1. The molecule has 0 N–H and O–H groups in total. The Morgan fingerprint density at radius 1 is 1.58 bits per heavy atom. The molecular formula is C10H19NO. The molecule has 0 aliphatic carbocycles. The van der Waals surface area contributed by atoms with E-state index in [4.69, 9.17) is 0 Å². The van der Waals surface area contributed by atoms with Gasteiger partial charge in [-0.15, -0.1) is 0 Å². The van der Waals surface area contributed by atoms with Crippen LogP contribution < -0.4 is 0 Å². The highest BCUT2D eigenvalue weighted by atomic mass is 16.1. The predicted molar refractivity (Wildman–Crippen MR) is 50.0 cm³/mol. The number of nitrogens with zero attached hydrogens (tertiary/aromatic N) is 1. The molecule has 2 nitrogen and oxygen atoms in total. The van der Waals surface area contributed by atoms with Gasteiger partial charge in [0.05, 0.1) is 6.04 Å². The summed E-state index contributed by atoms with van der Waals surface area (Å²) >= 11 is 0. The molecule has 1 aliphatic heterocycles. The minimum Gasteiger partial charge on any atom is -0.298 e. The van der Waals surface area contributed by atoms with Crippen LogP contribution >= 0.6 is 0 Å². The van der Waals surface area contributed by atoms with E-state index in [1.807, 2.05) is 0 Å². The average Bonchev–Trinajstić information content (AvgIpc) is 2.25. The van der Waals surface area contributed by atoms with Gasteiger partial charge in [0, 0.05) is 6.54 Å². The number of rotatable bonds is 2. The average molecular weight is 169 g/mol. The minimum absolute atomic E-state index is 0.176. The Hall–Kier alpha value is -0.370. The van der Waals surface area contributed by atoms with Gasteiger partial charge < -0.3 is 0 Å². The van der Waals surface area contributed by atoms with Crippen molar-refractivity contribution in [1.82, 2.24) is 4.90 Å². The second-order valence-electron chi connectivity index (χ2n) is 4.02. The van der Waals surface area contributed by atoms with Crippen LogP contribution in [0.3, 0.4) is 0 Å². The highest BCUT2D eigenvalue weighted by Crippen LogP contribution is 2.30. The third-order valence-corrected chi connectivity index (χ3v) is 3.18. The van der Waals surface area contributed by atoms with Gasteiger partial charge in [0.1, 0.15) is 5.78 Å². The number of carbonyl (C=O) groups is 1. The maximum absolute atomic E-state index is 11.3. The minimum atomic E-state index is 0.176. The summed E-state index contributed by atoms with van der Waals surface area (Å²) in [6.07, 6.45) is 1.19. The van der Waals surface area contributed by atoms with Crippen LogP contribution in [0.2, 0.25) is 0 Å². The maximum atomic E-state index is 11.3. The topological polar surface area (TPSA) is 20.3 Å². The molecule has 0 spiro atoms. The summed E-state index contributed by atoms with van der Waals surface area (Å²) in [5.41, 5.74) is 0. The van der Waals surface area contributed by atoms with Crippen LogP contribution in [0.5, 0.6) is 0 Å². The summed E-state index contributed by atoms with van der Waals surface area (Å²) in [6, 6.07) is 0.176. The van der Waals surface area contributed by atoms with E-state index in [0.29, 0.717) is 17.6 Å². The zero-order valence-corrected chi connectivity index (χ0v) is 8.50. The van der Waals surface area contributed by atoms with E-state index in [2.05, 4.69) is 25.8 Å². The Labute approximate surface area is 74.9 Å². The first kappa shape index (κ1) is 9.72. The fourth-order valence-electron chi connectivity index (χ4n) is 2.49. The number of likely N-dealkylation sites (N-methyl/N-ethyl adjacent to an activating group) is 1. The molecule has 3 atom stereocenters. The molecule has 0 aromatic carbocycles. The van der Waals surface area contributed by atoms with Gasteiger partial charge in [0.2, 0.25) is 0 Å². The van der Waals surface area contributed by atoms with Crippen molar-refractivity contribution in [2.45, 2.75) is 33.2 Å². The summed E-state index contributed by atoms with van der Waals surface area (Å²) < 4.78 is 0. The smallest absolute Gasteiger partial charge is 0.147 e. The Kier molecular flexibility index (Phi) is 2.89. The van der Waals surface area contributed by atoms with Gasteiger partial charge in [-0.2, -0.15) is 0 Å². The fourth-order valence-corrected chi connectivity index (χ4v) is 2.49. The number of hydrogen-bond acceptors (Lipinski definition) is 2. The Morgan fingerprint density at radius 2 is 2.17 bits per heavy atom. The molecular weight excluding hydrogens is 150 g/mol. The molecule has 3 unspecified atom stereocenters. The highest BCUT2D eigenvalue weighted by molar-refractivity contribution is 5.82. The van der Waals surface area contributed by atoms with Crippen LogP contribution in [0.25, 0.3) is 0 Å². The quantitative estimate of drug-likeness (QED) is 0.625. The van der Waals surface area contributed by atoms with E-state index in [-0.39, 0.29) is 6.04 Å². The van der Waals surface area contributed by atoms with Crippen LogP contribution in [-0.2, 0) is 4.79 Å². The van der Waals surface area contributed by atoms with Gasteiger partial charge in [0.15, 0.2) is 0 Å². The van der Waals surface area contributed by atoms with Crippen molar-refractivity contribution in [3.05, 3.63) is 0 Å². The van der Waals surface area contributed by atoms with Crippen LogP contribution in [-0.4, -0.2) is 30.3 Å². The molecule has 70 valence electrons. The number of Topliss-reactive ketones (excluding diaryl/α,β-unsaturated/α-hetero) is 1. The van der Waals surface area contributed by atoms with Crippen molar-refractivity contribution in [2.24, 2.45) is 11.8 Å². The summed E-state index contributed by atoms with van der Waals surface area (Å²) in [5.74, 6) is 1.57. The lowest BCUT2D eigenvalue weighted by atomic mass is 9.89. The van der Waals surface area contributed by atoms with Crippen LogP contribution in [0.1, 0.15) is 27.2 Å². The van der Waals surface area contributed by atoms with Crippen LogP contribution in [0.4, 0.5) is 0 Å². The lowest BCUT2D eigenvalue weighted by Crippen LogP contribution is -2.34. The second kappa shape index (κ2) is 3.56. The van der Waals surface area contributed by atoms with Crippen LogP contribution in [0.15, 0.2) is 0 Å². The molecule has 1 saturated heterocycles. The lowest BCUT2D eigenvalue weighted by Gasteiger charge is -2.19. The zero-order chi connectivity index (χ0) is 9.30. The Balaban J connectivity index is 2.70. The molecule has 1 heterocycles. The first-order valence-electron chi connectivity index (χ1n) is 4.78. The first-order valence-corrected chi connectivity index (χ1v) is 4.78. The normalized spacial score (nSPS) is 37.2. The molecule has 12 heavy (non-hydrogen) atoms. The standard InChI is InChI=1S/C10H19NO/c1-5-9-6-11(4)10(7(9)2)8(3)12/h7,9-10H,5-6H2,1-4H3. The highest BCUT2D eigenvalue weighted by Gasteiger charge is 2.38. The van der Waals surface area contributed by atoms with Crippen molar-refractivity contribution in [2.75, 3.05) is 13.6 Å². The fraction of sp³-hybridized carbons (Fsp3) is 0.900. The third kappa shape index (κ3) is 1.53. The van der Waals surface area contributed by atoms with Gasteiger partial charge in [-0.25, -0.2) is 0 Å². The number of ketones is 1. The lowest BCUT2D eigenvalue weighted by molar-refractivity contribution is -0.121. The second-order valence-corrected chi connectivity index (χ2v) is 4.02. The van der Waals surface area contributed by atoms with E-state index >= 15 is 0 Å². The zero-order valence-electron chi connectivity index (χ0n) is 8.50. The van der Waals surface area contributed by atoms with E-state index in [9.17, 15) is 4.79 Å². The molecule has 0 radical (unpaired) electrons. The van der Waals surface area contributed by atoms with Crippen LogP contribution in [0, 0.1) is 11.8 Å². The van der Waals surface area contributed by atoms with Gasteiger partial charge in [-0.3, -0.25) is 9.69 Å². The first-order chi connectivity index (χ1) is 5.57.